The smallest absolute Gasteiger partial charge is 0.339 e. The molecule has 1 aromatic carbocycles. The van der Waals surface area contributed by atoms with E-state index in [9.17, 15) is 9.59 Å². The number of benzene rings is 1. The van der Waals surface area contributed by atoms with Gasteiger partial charge in [0.05, 0.1) is 5.56 Å². The van der Waals surface area contributed by atoms with Gasteiger partial charge < -0.3 is 10.5 Å². The predicted octanol–water partition coefficient (Wildman–Crippen LogP) is 1.91. The van der Waals surface area contributed by atoms with E-state index in [4.69, 9.17) is 10.5 Å². The molecule has 0 saturated carbocycles. The van der Waals surface area contributed by atoms with Crippen LogP contribution in [0.25, 0.3) is 0 Å². The van der Waals surface area contributed by atoms with Crippen LogP contribution in [0.15, 0.2) is 18.2 Å². The Morgan fingerprint density at radius 2 is 2.06 bits per heavy atom. The molecule has 92 valence electrons. The molecular formula is C13H17NO3. The molecule has 1 rings (SSSR count). The monoisotopic (exact) mass is 235 g/mol. The van der Waals surface area contributed by atoms with E-state index in [2.05, 4.69) is 0 Å². The van der Waals surface area contributed by atoms with Gasteiger partial charge in [-0.15, -0.1) is 0 Å². The molecule has 0 radical (unpaired) electrons. The van der Waals surface area contributed by atoms with Gasteiger partial charge in [-0.25, -0.2) is 4.79 Å². The Morgan fingerprint density at radius 3 is 2.53 bits per heavy atom. The average molecular weight is 235 g/mol. The topological polar surface area (TPSA) is 69.4 Å². The predicted molar refractivity (Wildman–Crippen MR) is 64.9 cm³/mol. The lowest BCUT2D eigenvalue weighted by Crippen LogP contribution is -2.25. The summed E-state index contributed by atoms with van der Waals surface area (Å²) < 4.78 is 5.26. The Bertz CT molecular complexity index is 433. The van der Waals surface area contributed by atoms with Crippen LogP contribution in [0.3, 0.4) is 0 Å². The third kappa shape index (κ3) is 3.39. The molecular weight excluding hydrogens is 218 g/mol. The standard InChI is InChI=1S/C13H17NO3/c1-13(2,3)17-12(16)11-9(7-14)5-4-6-10(11)8-15/h4-6,8H,7,14H2,1-3H3. The maximum atomic E-state index is 12.0. The molecule has 1 aromatic rings. The Balaban J connectivity index is 3.19. The Morgan fingerprint density at radius 1 is 1.41 bits per heavy atom. The average Bonchev–Trinajstić information content (AvgIpc) is 2.25. The summed E-state index contributed by atoms with van der Waals surface area (Å²) in [6, 6.07) is 4.98. The van der Waals surface area contributed by atoms with Gasteiger partial charge in [0, 0.05) is 12.1 Å². The van der Waals surface area contributed by atoms with Gasteiger partial charge in [-0.3, -0.25) is 4.79 Å². The molecule has 17 heavy (non-hydrogen) atoms. The number of nitrogens with two attached hydrogens (primary N) is 1. The summed E-state index contributed by atoms with van der Waals surface area (Å²) in [4.78, 5) is 22.9. The molecule has 0 fully saturated rings. The van der Waals surface area contributed by atoms with Gasteiger partial charge in [0.2, 0.25) is 0 Å². The molecule has 0 aliphatic carbocycles. The van der Waals surface area contributed by atoms with E-state index in [-0.39, 0.29) is 12.1 Å². The molecule has 0 bridgehead atoms. The van der Waals surface area contributed by atoms with E-state index in [0.717, 1.165) is 0 Å². The highest BCUT2D eigenvalue weighted by Crippen LogP contribution is 2.18. The molecule has 0 aromatic heterocycles. The minimum Gasteiger partial charge on any atom is -0.456 e. The van der Waals surface area contributed by atoms with Crippen molar-refractivity contribution in [2.75, 3.05) is 0 Å². The molecule has 0 atom stereocenters. The summed E-state index contributed by atoms with van der Waals surface area (Å²) in [5.74, 6) is -0.513. The van der Waals surface area contributed by atoms with Gasteiger partial charge >= 0.3 is 5.97 Å². The lowest BCUT2D eigenvalue weighted by atomic mass is 10.0. The highest BCUT2D eigenvalue weighted by atomic mass is 16.6. The Labute approximate surface area is 101 Å². The van der Waals surface area contributed by atoms with Crippen LogP contribution in [-0.4, -0.2) is 17.9 Å². The maximum absolute atomic E-state index is 12.0. The van der Waals surface area contributed by atoms with Crippen LogP contribution in [-0.2, 0) is 11.3 Å². The van der Waals surface area contributed by atoms with Crippen molar-refractivity contribution in [2.24, 2.45) is 5.73 Å². The van der Waals surface area contributed by atoms with E-state index in [1.165, 1.54) is 0 Å². The first-order valence-electron chi connectivity index (χ1n) is 5.39. The molecule has 0 aliphatic heterocycles. The minimum absolute atomic E-state index is 0.191. The SMILES string of the molecule is CC(C)(C)OC(=O)c1c(C=O)cccc1CN. The molecule has 4 heteroatoms. The van der Waals surface area contributed by atoms with Crippen molar-refractivity contribution in [1.82, 2.24) is 0 Å². The van der Waals surface area contributed by atoms with Crippen LogP contribution in [0.4, 0.5) is 0 Å². The second-order valence-corrected chi connectivity index (χ2v) is 4.71. The number of carbonyl (C=O) groups is 2. The number of hydrogen-bond acceptors (Lipinski definition) is 4. The summed E-state index contributed by atoms with van der Waals surface area (Å²) in [6.07, 6.45) is 0.637. The first-order chi connectivity index (χ1) is 7.89. The maximum Gasteiger partial charge on any atom is 0.339 e. The largest absolute Gasteiger partial charge is 0.456 e. The fourth-order valence-corrected chi connectivity index (χ4v) is 1.47. The number of rotatable bonds is 3. The lowest BCUT2D eigenvalue weighted by molar-refractivity contribution is 0.00670. The van der Waals surface area contributed by atoms with Crippen molar-refractivity contribution in [1.29, 1.82) is 0 Å². The molecule has 2 N–H and O–H groups in total. The second-order valence-electron chi connectivity index (χ2n) is 4.71. The number of esters is 1. The molecule has 0 amide bonds. The van der Waals surface area contributed by atoms with Crippen LogP contribution in [0.1, 0.15) is 47.1 Å². The summed E-state index contributed by atoms with van der Waals surface area (Å²) in [7, 11) is 0. The first kappa shape index (κ1) is 13.4. The number of carbonyl (C=O) groups excluding carboxylic acids is 2. The van der Waals surface area contributed by atoms with Gasteiger partial charge in [-0.1, -0.05) is 18.2 Å². The number of ether oxygens (including phenoxy) is 1. The molecule has 0 saturated heterocycles. The van der Waals surface area contributed by atoms with Crippen molar-refractivity contribution in [3.8, 4) is 0 Å². The lowest BCUT2D eigenvalue weighted by Gasteiger charge is -2.21. The minimum atomic E-state index is -0.598. The zero-order valence-electron chi connectivity index (χ0n) is 10.3. The van der Waals surface area contributed by atoms with E-state index in [0.29, 0.717) is 17.4 Å². The van der Waals surface area contributed by atoms with Crippen molar-refractivity contribution in [3.63, 3.8) is 0 Å². The molecule has 0 spiro atoms. The van der Waals surface area contributed by atoms with Gasteiger partial charge in [0.25, 0.3) is 0 Å². The Hall–Kier alpha value is -1.68. The molecule has 0 heterocycles. The number of aldehydes is 1. The summed E-state index contributed by atoms with van der Waals surface area (Å²) in [5, 5.41) is 0. The number of hydrogen-bond donors (Lipinski definition) is 1. The van der Waals surface area contributed by atoms with Crippen molar-refractivity contribution >= 4 is 12.3 Å². The van der Waals surface area contributed by atoms with Crippen LogP contribution < -0.4 is 5.73 Å². The highest BCUT2D eigenvalue weighted by Gasteiger charge is 2.22. The zero-order chi connectivity index (χ0) is 13.1. The fourth-order valence-electron chi connectivity index (χ4n) is 1.47. The first-order valence-corrected chi connectivity index (χ1v) is 5.39. The van der Waals surface area contributed by atoms with E-state index in [1.54, 1.807) is 39.0 Å². The summed E-state index contributed by atoms with van der Waals surface area (Å²) >= 11 is 0. The third-order valence-corrected chi connectivity index (χ3v) is 2.13. The normalized spacial score (nSPS) is 11.1. The van der Waals surface area contributed by atoms with E-state index in [1.807, 2.05) is 0 Å². The van der Waals surface area contributed by atoms with Crippen LogP contribution in [0, 0.1) is 0 Å². The quantitative estimate of drug-likeness (QED) is 0.641. The van der Waals surface area contributed by atoms with Crippen molar-refractivity contribution in [3.05, 3.63) is 34.9 Å². The van der Waals surface area contributed by atoms with Crippen molar-refractivity contribution in [2.45, 2.75) is 32.9 Å². The fraction of sp³-hybridized carbons (Fsp3) is 0.385. The van der Waals surface area contributed by atoms with Crippen LogP contribution >= 0.6 is 0 Å². The van der Waals surface area contributed by atoms with Gasteiger partial charge in [-0.05, 0) is 26.3 Å². The van der Waals surface area contributed by atoms with Crippen LogP contribution in [0.2, 0.25) is 0 Å². The second kappa shape index (κ2) is 5.10. The summed E-state index contributed by atoms with van der Waals surface area (Å²) in [6.45, 7) is 5.51. The van der Waals surface area contributed by atoms with E-state index >= 15 is 0 Å². The summed E-state index contributed by atoms with van der Waals surface area (Å²) in [5.41, 5.74) is 6.14. The van der Waals surface area contributed by atoms with Crippen LogP contribution in [0.5, 0.6) is 0 Å². The van der Waals surface area contributed by atoms with Gasteiger partial charge in [0.15, 0.2) is 6.29 Å². The highest BCUT2D eigenvalue weighted by molar-refractivity contribution is 5.99. The third-order valence-electron chi connectivity index (χ3n) is 2.13. The Kier molecular flexibility index (Phi) is 4.02. The van der Waals surface area contributed by atoms with Crippen molar-refractivity contribution < 1.29 is 14.3 Å². The van der Waals surface area contributed by atoms with E-state index < -0.39 is 11.6 Å². The van der Waals surface area contributed by atoms with Gasteiger partial charge in [-0.2, -0.15) is 0 Å². The molecule has 4 nitrogen and oxygen atoms in total. The molecule has 0 aliphatic rings. The zero-order valence-corrected chi connectivity index (χ0v) is 10.3. The van der Waals surface area contributed by atoms with Gasteiger partial charge in [0.1, 0.15) is 5.60 Å². The molecule has 0 unspecified atom stereocenters.